The van der Waals surface area contributed by atoms with Crippen LogP contribution >= 0.6 is 11.6 Å². The van der Waals surface area contributed by atoms with Crippen LogP contribution in [-0.4, -0.2) is 57.2 Å². The van der Waals surface area contributed by atoms with Crippen LogP contribution in [0.4, 0.5) is 0 Å². The highest BCUT2D eigenvalue weighted by Crippen LogP contribution is 2.27. The average molecular weight is 435 g/mol. The van der Waals surface area contributed by atoms with Gasteiger partial charge in [0.2, 0.25) is 10.0 Å². The first-order valence-corrected chi connectivity index (χ1v) is 12.5. The Labute approximate surface area is 165 Å². The third-order valence-electron chi connectivity index (χ3n) is 5.05. The van der Waals surface area contributed by atoms with Crippen LogP contribution in [0.3, 0.4) is 0 Å². The molecule has 0 aromatic heterocycles. The van der Waals surface area contributed by atoms with Gasteiger partial charge in [0, 0.05) is 13.1 Å². The van der Waals surface area contributed by atoms with Crippen LogP contribution in [0.1, 0.15) is 43.0 Å². The number of benzene rings is 1. The van der Waals surface area contributed by atoms with Crippen LogP contribution in [0.2, 0.25) is 5.02 Å². The molecule has 3 rings (SSSR count). The Bertz CT molecular complexity index is 956. The maximum Gasteiger partial charge on any atom is 0.253 e. The van der Waals surface area contributed by atoms with Crippen molar-refractivity contribution in [2.75, 3.05) is 24.6 Å². The van der Waals surface area contributed by atoms with Crippen molar-refractivity contribution in [2.45, 2.75) is 43.0 Å². The maximum absolute atomic E-state index is 12.8. The van der Waals surface area contributed by atoms with E-state index in [0.717, 1.165) is 19.3 Å². The van der Waals surface area contributed by atoms with Crippen LogP contribution in [0, 0.1) is 0 Å². The minimum absolute atomic E-state index is 0.0148. The molecule has 1 amide bonds. The Hall–Kier alpha value is -1.16. The molecule has 7 nitrogen and oxygen atoms in total. The van der Waals surface area contributed by atoms with E-state index in [1.165, 1.54) is 22.5 Å². The number of nitrogens with zero attached hydrogens (tertiary/aromatic N) is 1. The largest absolute Gasteiger partial charge is 0.346 e. The highest BCUT2D eigenvalue weighted by Gasteiger charge is 2.40. The zero-order valence-electron chi connectivity index (χ0n) is 15.1. The molecule has 1 aromatic carbocycles. The second-order valence-electron chi connectivity index (χ2n) is 7.46. The molecule has 27 heavy (non-hydrogen) atoms. The van der Waals surface area contributed by atoms with Crippen LogP contribution in [-0.2, 0) is 19.9 Å². The first kappa shape index (κ1) is 20.6. The normalized spacial score (nSPS) is 26.0. The molecule has 0 bridgehead atoms. The van der Waals surface area contributed by atoms with E-state index in [-0.39, 0.29) is 27.0 Å². The number of sulfone groups is 1. The van der Waals surface area contributed by atoms with E-state index in [4.69, 9.17) is 11.6 Å². The van der Waals surface area contributed by atoms with Gasteiger partial charge in [0.15, 0.2) is 9.84 Å². The predicted molar refractivity (Wildman–Crippen MR) is 103 cm³/mol. The lowest BCUT2D eigenvalue weighted by Gasteiger charge is -2.26. The number of halogens is 1. The molecular weight excluding hydrogens is 412 g/mol. The van der Waals surface area contributed by atoms with Crippen LogP contribution in [0.5, 0.6) is 0 Å². The number of amides is 1. The molecule has 2 heterocycles. The second kappa shape index (κ2) is 7.35. The Morgan fingerprint density at radius 1 is 1.22 bits per heavy atom. The van der Waals surface area contributed by atoms with Gasteiger partial charge in [0.1, 0.15) is 0 Å². The number of hydrogen-bond acceptors (Lipinski definition) is 5. The fraction of sp³-hybridized carbons (Fsp3) is 0.588. The van der Waals surface area contributed by atoms with Gasteiger partial charge in [-0.15, -0.1) is 0 Å². The van der Waals surface area contributed by atoms with Crippen molar-refractivity contribution >= 4 is 37.4 Å². The molecule has 2 saturated heterocycles. The first-order valence-electron chi connectivity index (χ1n) is 8.85. The minimum atomic E-state index is -3.70. The van der Waals surface area contributed by atoms with Crippen LogP contribution < -0.4 is 5.32 Å². The molecule has 0 saturated carbocycles. The summed E-state index contributed by atoms with van der Waals surface area (Å²) in [7, 11) is -6.89. The number of carbonyl (C=O) groups is 1. The highest BCUT2D eigenvalue weighted by atomic mass is 35.5. The van der Waals surface area contributed by atoms with Gasteiger partial charge in [0.05, 0.1) is 32.5 Å². The summed E-state index contributed by atoms with van der Waals surface area (Å²) in [6.45, 7) is 2.59. The van der Waals surface area contributed by atoms with Crippen molar-refractivity contribution in [3.63, 3.8) is 0 Å². The molecule has 2 aliphatic rings. The minimum Gasteiger partial charge on any atom is -0.346 e. The summed E-state index contributed by atoms with van der Waals surface area (Å²) >= 11 is 6.13. The van der Waals surface area contributed by atoms with E-state index in [0.29, 0.717) is 19.5 Å². The predicted octanol–water partition coefficient (Wildman–Crippen LogP) is 1.82. The van der Waals surface area contributed by atoms with E-state index < -0.39 is 31.3 Å². The summed E-state index contributed by atoms with van der Waals surface area (Å²) in [5.41, 5.74) is -0.860. The van der Waals surface area contributed by atoms with Gasteiger partial charge in [-0.05, 0) is 44.4 Å². The van der Waals surface area contributed by atoms with Gasteiger partial charge >= 0.3 is 0 Å². The lowest BCUT2D eigenvalue weighted by molar-refractivity contribution is 0.0915. The number of hydrogen-bond donors (Lipinski definition) is 1. The Morgan fingerprint density at radius 2 is 1.89 bits per heavy atom. The van der Waals surface area contributed by atoms with E-state index in [9.17, 15) is 21.6 Å². The van der Waals surface area contributed by atoms with Crippen molar-refractivity contribution in [3.05, 3.63) is 28.8 Å². The molecule has 10 heteroatoms. The van der Waals surface area contributed by atoms with Gasteiger partial charge in [-0.25, -0.2) is 16.8 Å². The van der Waals surface area contributed by atoms with Crippen molar-refractivity contribution in [2.24, 2.45) is 0 Å². The summed E-state index contributed by atoms with van der Waals surface area (Å²) in [6.07, 6.45) is 2.94. The molecule has 1 aromatic rings. The lowest BCUT2D eigenvalue weighted by Crippen LogP contribution is -2.47. The van der Waals surface area contributed by atoms with Gasteiger partial charge in [-0.1, -0.05) is 18.0 Å². The lowest BCUT2D eigenvalue weighted by atomic mass is 10.0. The van der Waals surface area contributed by atoms with Crippen molar-refractivity contribution in [1.29, 1.82) is 0 Å². The van der Waals surface area contributed by atoms with E-state index in [2.05, 4.69) is 5.32 Å². The molecule has 0 unspecified atom stereocenters. The van der Waals surface area contributed by atoms with Crippen LogP contribution in [0.15, 0.2) is 23.1 Å². The fourth-order valence-electron chi connectivity index (χ4n) is 3.54. The third kappa shape index (κ3) is 4.47. The van der Waals surface area contributed by atoms with E-state index >= 15 is 0 Å². The average Bonchev–Trinajstić information content (AvgIpc) is 2.88. The standard InChI is InChI=1S/C17H23ClN2O5S2/c1-17(7-10-26(22,23)12-17)19-16(21)14-11-13(5-6-15(14)18)27(24,25)20-8-3-2-4-9-20/h5-6,11H,2-4,7-10,12H2,1H3,(H,19,21)/t17-/m0/s1. The van der Waals surface area contributed by atoms with Gasteiger partial charge in [0.25, 0.3) is 5.91 Å². The smallest absolute Gasteiger partial charge is 0.253 e. The first-order chi connectivity index (χ1) is 12.5. The van der Waals surface area contributed by atoms with Crippen molar-refractivity contribution in [1.82, 2.24) is 9.62 Å². The summed E-state index contributed by atoms with van der Waals surface area (Å²) in [6, 6.07) is 4.06. The molecule has 150 valence electrons. The summed E-state index contributed by atoms with van der Waals surface area (Å²) in [5.74, 6) is -0.703. The number of piperidine rings is 1. The monoisotopic (exact) mass is 434 g/mol. The molecular formula is C17H23ClN2O5S2. The number of rotatable bonds is 4. The summed E-state index contributed by atoms with van der Waals surface area (Å²) in [4.78, 5) is 12.7. The van der Waals surface area contributed by atoms with E-state index in [1.54, 1.807) is 6.92 Å². The van der Waals surface area contributed by atoms with Gasteiger partial charge in [-0.2, -0.15) is 4.31 Å². The topological polar surface area (TPSA) is 101 Å². The molecule has 0 aliphatic carbocycles. The highest BCUT2D eigenvalue weighted by molar-refractivity contribution is 7.91. The Kier molecular flexibility index (Phi) is 5.60. The fourth-order valence-corrected chi connectivity index (χ4v) is 7.38. The Balaban J connectivity index is 1.86. The third-order valence-corrected chi connectivity index (χ3v) is 9.18. The zero-order chi connectivity index (χ0) is 19.9. The number of nitrogens with one attached hydrogen (secondary N) is 1. The van der Waals surface area contributed by atoms with Crippen LogP contribution in [0.25, 0.3) is 0 Å². The van der Waals surface area contributed by atoms with E-state index in [1.807, 2.05) is 0 Å². The molecule has 0 spiro atoms. The summed E-state index contributed by atoms with van der Waals surface area (Å²) in [5, 5.41) is 2.84. The van der Waals surface area contributed by atoms with Gasteiger partial charge in [-0.3, -0.25) is 4.79 Å². The number of sulfonamides is 1. The summed E-state index contributed by atoms with van der Waals surface area (Å²) < 4.78 is 50.6. The van der Waals surface area contributed by atoms with Gasteiger partial charge < -0.3 is 5.32 Å². The van der Waals surface area contributed by atoms with Crippen molar-refractivity contribution < 1.29 is 21.6 Å². The molecule has 1 atom stereocenters. The second-order valence-corrected chi connectivity index (χ2v) is 12.0. The Morgan fingerprint density at radius 3 is 2.48 bits per heavy atom. The molecule has 2 aliphatic heterocycles. The van der Waals surface area contributed by atoms with Crippen molar-refractivity contribution in [3.8, 4) is 0 Å². The molecule has 2 fully saturated rings. The maximum atomic E-state index is 12.8. The SMILES string of the molecule is C[C@]1(NC(=O)c2cc(S(=O)(=O)N3CCCCC3)ccc2Cl)CCS(=O)(=O)C1. The number of carbonyl (C=O) groups excluding carboxylic acids is 1. The molecule has 1 N–H and O–H groups in total. The quantitative estimate of drug-likeness (QED) is 0.778. The molecule has 0 radical (unpaired) electrons. The zero-order valence-corrected chi connectivity index (χ0v) is 17.5.